The Balaban J connectivity index is 1.80. The predicted octanol–water partition coefficient (Wildman–Crippen LogP) is 4.76. The number of aromatic nitrogens is 4. The zero-order valence-electron chi connectivity index (χ0n) is 16.3. The lowest BCUT2D eigenvalue weighted by atomic mass is 10.2. The minimum absolute atomic E-state index is 0.0346. The summed E-state index contributed by atoms with van der Waals surface area (Å²) in [6.07, 6.45) is 3.41. The number of carbonyl (C=O) groups is 1. The van der Waals surface area contributed by atoms with Crippen molar-refractivity contribution >= 4 is 32.6 Å². The summed E-state index contributed by atoms with van der Waals surface area (Å²) in [5.74, 6) is -0.533. The Morgan fingerprint density at radius 2 is 2.10 bits per heavy atom. The van der Waals surface area contributed by atoms with Crippen LogP contribution in [-0.2, 0) is 6.54 Å². The molecule has 3 aromatic heterocycles. The van der Waals surface area contributed by atoms with Gasteiger partial charge in [0.25, 0.3) is 5.91 Å². The molecule has 0 spiro atoms. The van der Waals surface area contributed by atoms with Crippen LogP contribution in [0.25, 0.3) is 10.2 Å². The van der Waals surface area contributed by atoms with Gasteiger partial charge in [-0.05, 0) is 56.7 Å². The fraction of sp³-hybridized carbons (Fsp3) is 0.238. The van der Waals surface area contributed by atoms with Crippen molar-refractivity contribution in [3.63, 3.8) is 0 Å². The second-order valence-electron chi connectivity index (χ2n) is 7.07. The van der Waals surface area contributed by atoms with Crippen LogP contribution in [0.2, 0.25) is 0 Å². The van der Waals surface area contributed by atoms with Gasteiger partial charge in [-0.25, -0.2) is 9.37 Å². The highest BCUT2D eigenvalue weighted by Gasteiger charge is 2.26. The lowest BCUT2D eigenvalue weighted by molar-refractivity contribution is 0.0973. The molecule has 0 atom stereocenters. The fourth-order valence-corrected chi connectivity index (χ4v) is 4.10. The van der Waals surface area contributed by atoms with E-state index in [1.165, 1.54) is 23.5 Å². The summed E-state index contributed by atoms with van der Waals surface area (Å²) < 4.78 is 16.1. The number of amides is 1. The minimum Gasteiger partial charge on any atom is -0.278 e. The minimum atomic E-state index is -0.327. The molecule has 0 radical (unpaired) electrons. The Kier molecular flexibility index (Phi) is 5.10. The summed E-state index contributed by atoms with van der Waals surface area (Å²) in [5.41, 5.74) is 2.80. The largest absolute Gasteiger partial charge is 0.278 e. The second kappa shape index (κ2) is 7.71. The molecule has 0 fully saturated rings. The number of benzene rings is 1. The first kappa shape index (κ1) is 19.2. The van der Waals surface area contributed by atoms with Crippen molar-refractivity contribution < 1.29 is 9.18 Å². The van der Waals surface area contributed by atoms with Crippen molar-refractivity contribution in [1.82, 2.24) is 19.7 Å². The molecule has 0 aliphatic heterocycles. The van der Waals surface area contributed by atoms with Crippen LogP contribution in [-0.4, -0.2) is 25.7 Å². The van der Waals surface area contributed by atoms with Gasteiger partial charge in [0.2, 0.25) is 0 Å². The molecule has 4 aromatic rings. The number of fused-ring (bicyclic) bond motifs is 1. The third-order valence-electron chi connectivity index (χ3n) is 4.44. The molecule has 0 bridgehead atoms. The van der Waals surface area contributed by atoms with E-state index in [9.17, 15) is 9.18 Å². The summed E-state index contributed by atoms with van der Waals surface area (Å²) >= 11 is 1.29. The molecule has 3 heterocycles. The number of anilines is 1. The van der Waals surface area contributed by atoms with Crippen LogP contribution >= 0.6 is 11.3 Å². The lowest BCUT2D eigenvalue weighted by Gasteiger charge is -2.21. The molecule has 0 saturated heterocycles. The first-order valence-corrected chi connectivity index (χ1v) is 10.1. The number of nitrogens with zero attached hydrogens (tertiary/aromatic N) is 5. The van der Waals surface area contributed by atoms with E-state index in [0.717, 1.165) is 11.3 Å². The van der Waals surface area contributed by atoms with Gasteiger partial charge in [0.15, 0.2) is 5.13 Å². The Bertz CT molecular complexity index is 1170. The van der Waals surface area contributed by atoms with Crippen molar-refractivity contribution in [2.24, 2.45) is 0 Å². The van der Waals surface area contributed by atoms with Gasteiger partial charge in [-0.3, -0.25) is 19.4 Å². The lowest BCUT2D eigenvalue weighted by Crippen LogP contribution is -2.32. The van der Waals surface area contributed by atoms with Gasteiger partial charge >= 0.3 is 0 Å². The van der Waals surface area contributed by atoms with Gasteiger partial charge < -0.3 is 0 Å². The Hall–Kier alpha value is -3.13. The summed E-state index contributed by atoms with van der Waals surface area (Å²) in [6, 6.07) is 9.99. The van der Waals surface area contributed by atoms with Crippen molar-refractivity contribution in [2.75, 3.05) is 4.90 Å². The molecular weight excluding hydrogens is 389 g/mol. The van der Waals surface area contributed by atoms with Crippen molar-refractivity contribution in [2.45, 2.75) is 33.4 Å². The molecular formula is C21H20FN5OS. The van der Waals surface area contributed by atoms with E-state index >= 15 is 0 Å². The zero-order chi connectivity index (χ0) is 20.5. The van der Waals surface area contributed by atoms with E-state index in [4.69, 9.17) is 0 Å². The maximum Gasteiger partial charge on any atom is 0.278 e. The number of aryl methyl sites for hydroxylation is 1. The van der Waals surface area contributed by atoms with E-state index in [1.54, 1.807) is 34.1 Å². The molecule has 0 N–H and O–H groups in total. The standard InChI is InChI=1S/C21H20FN5OS/c1-13(2)27-18(9-14(3)25-27)20(28)26(12-15-5-4-8-23-11-15)21-24-17-7-6-16(22)10-19(17)29-21/h4-11,13H,12H2,1-3H3. The van der Waals surface area contributed by atoms with Gasteiger partial charge in [-0.2, -0.15) is 5.10 Å². The second-order valence-corrected chi connectivity index (χ2v) is 8.08. The first-order valence-electron chi connectivity index (χ1n) is 9.25. The zero-order valence-corrected chi connectivity index (χ0v) is 17.2. The van der Waals surface area contributed by atoms with Gasteiger partial charge in [0, 0.05) is 18.4 Å². The highest BCUT2D eigenvalue weighted by Crippen LogP contribution is 2.31. The quantitative estimate of drug-likeness (QED) is 0.477. The maximum absolute atomic E-state index is 13.6. The average molecular weight is 409 g/mol. The third-order valence-corrected chi connectivity index (χ3v) is 5.49. The van der Waals surface area contributed by atoms with Crippen molar-refractivity contribution in [1.29, 1.82) is 0 Å². The van der Waals surface area contributed by atoms with E-state index < -0.39 is 0 Å². The molecule has 0 saturated carbocycles. The summed E-state index contributed by atoms with van der Waals surface area (Å²) in [7, 11) is 0. The van der Waals surface area contributed by atoms with Crippen LogP contribution in [0.5, 0.6) is 0 Å². The molecule has 1 amide bonds. The Morgan fingerprint density at radius 1 is 1.28 bits per heavy atom. The van der Waals surface area contributed by atoms with Crippen molar-refractivity contribution in [3.05, 3.63) is 71.6 Å². The number of carbonyl (C=O) groups excluding carboxylic acids is 1. The van der Waals surface area contributed by atoms with Crippen LogP contribution in [0.15, 0.2) is 48.8 Å². The molecule has 8 heteroatoms. The number of rotatable bonds is 5. The smallest absolute Gasteiger partial charge is 0.278 e. The molecule has 0 aliphatic carbocycles. The molecule has 148 valence electrons. The third kappa shape index (κ3) is 3.88. The summed E-state index contributed by atoms with van der Waals surface area (Å²) in [6.45, 7) is 6.13. The number of thiazole rings is 1. The summed E-state index contributed by atoms with van der Waals surface area (Å²) in [4.78, 5) is 23.9. The average Bonchev–Trinajstić information content (AvgIpc) is 3.29. The predicted molar refractivity (Wildman–Crippen MR) is 112 cm³/mol. The van der Waals surface area contributed by atoms with Crippen LogP contribution in [0, 0.1) is 12.7 Å². The molecule has 0 unspecified atom stereocenters. The van der Waals surface area contributed by atoms with Gasteiger partial charge in [0.1, 0.15) is 11.5 Å². The Labute approximate surface area is 171 Å². The molecule has 0 aliphatic rings. The first-order chi connectivity index (χ1) is 13.9. The highest BCUT2D eigenvalue weighted by molar-refractivity contribution is 7.22. The molecule has 1 aromatic carbocycles. The van der Waals surface area contributed by atoms with E-state index in [2.05, 4.69) is 15.1 Å². The maximum atomic E-state index is 13.6. The molecule has 4 rings (SSSR count). The molecule has 29 heavy (non-hydrogen) atoms. The number of pyridine rings is 1. The topological polar surface area (TPSA) is 63.9 Å². The normalized spacial score (nSPS) is 11.3. The number of hydrogen-bond donors (Lipinski definition) is 0. The van der Waals surface area contributed by atoms with E-state index in [0.29, 0.717) is 27.6 Å². The summed E-state index contributed by atoms with van der Waals surface area (Å²) in [5, 5.41) is 4.97. The SMILES string of the molecule is Cc1cc(C(=O)N(Cc2cccnc2)c2nc3ccc(F)cc3s2)n(C(C)C)n1. The van der Waals surface area contributed by atoms with Crippen LogP contribution < -0.4 is 4.90 Å². The van der Waals surface area contributed by atoms with Crippen LogP contribution in [0.1, 0.15) is 41.6 Å². The van der Waals surface area contributed by atoms with E-state index in [-0.39, 0.29) is 17.8 Å². The van der Waals surface area contributed by atoms with Gasteiger partial charge in [-0.15, -0.1) is 0 Å². The van der Waals surface area contributed by atoms with Gasteiger partial charge in [0.05, 0.1) is 22.5 Å². The number of halogens is 1. The Morgan fingerprint density at radius 3 is 2.83 bits per heavy atom. The van der Waals surface area contributed by atoms with Gasteiger partial charge in [-0.1, -0.05) is 17.4 Å². The monoisotopic (exact) mass is 409 g/mol. The number of hydrogen-bond acceptors (Lipinski definition) is 5. The fourth-order valence-electron chi connectivity index (χ4n) is 3.11. The highest BCUT2D eigenvalue weighted by atomic mass is 32.1. The molecule has 6 nitrogen and oxygen atoms in total. The van der Waals surface area contributed by atoms with E-state index in [1.807, 2.05) is 32.9 Å². The van der Waals surface area contributed by atoms with Crippen LogP contribution in [0.4, 0.5) is 9.52 Å². The van der Waals surface area contributed by atoms with Crippen LogP contribution in [0.3, 0.4) is 0 Å². The van der Waals surface area contributed by atoms with Crippen molar-refractivity contribution in [3.8, 4) is 0 Å².